The number of hydrogen-bond acceptors (Lipinski definition) is 14. The van der Waals surface area contributed by atoms with Crippen LogP contribution < -0.4 is 21.3 Å². The molecule has 2 aliphatic heterocycles. The maximum absolute atomic E-state index is 13.1. The number of carbonyl (C=O) groups is 10. The van der Waals surface area contributed by atoms with Gasteiger partial charge < -0.3 is 45.1 Å². The summed E-state index contributed by atoms with van der Waals surface area (Å²) in [5, 5.41) is 8.63. The Kier molecular flexibility index (Phi) is 13.3. The minimum Gasteiger partial charge on any atom is -0.454 e. The molecule has 2 saturated heterocycles. The van der Waals surface area contributed by atoms with E-state index in [1.54, 1.807) is 24.3 Å². The van der Waals surface area contributed by atoms with E-state index in [2.05, 4.69) is 30.7 Å². The molecule has 20 heteroatoms. The zero-order chi connectivity index (χ0) is 35.2. The molecular formula is C28H32N6O14. The van der Waals surface area contributed by atoms with Crippen LogP contribution in [0.2, 0.25) is 0 Å². The smallest absolute Gasteiger partial charge is 0.329 e. The molecule has 0 bridgehead atoms. The Morgan fingerprint density at radius 1 is 0.646 bits per heavy atom. The number of nitrogens with one attached hydrogen (secondary N) is 4. The van der Waals surface area contributed by atoms with Crippen molar-refractivity contribution >= 4 is 59.4 Å². The Morgan fingerprint density at radius 3 is 1.58 bits per heavy atom. The Hall–Kier alpha value is -6.08. The summed E-state index contributed by atoms with van der Waals surface area (Å²) in [5.41, 5.74) is 0.874. The van der Waals surface area contributed by atoms with Gasteiger partial charge in [0, 0.05) is 13.5 Å². The van der Waals surface area contributed by atoms with Gasteiger partial charge in [0.1, 0.15) is 32.2 Å². The second kappa shape index (κ2) is 17.6. The largest absolute Gasteiger partial charge is 0.454 e. The summed E-state index contributed by atoms with van der Waals surface area (Å²) >= 11 is 0. The second-order valence-electron chi connectivity index (χ2n) is 10.1. The van der Waals surface area contributed by atoms with Gasteiger partial charge in [-0.15, -0.1) is 0 Å². The third-order valence-corrected chi connectivity index (χ3v) is 6.45. The first-order valence-electron chi connectivity index (χ1n) is 14.2. The molecule has 2 aliphatic rings. The minimum atomic E-state index is -1.48. The van der Waals surface area contributed by atoms with Crippen molar-refractivity contribution in [3.8, 4) is 0 Å². The lowest BCUT2D eigenvalue weighted by Gasteiger charge is -2.21. The first-order chi connectivity index (χ1) is 22.8. The molecule has 0 spiro atoms. The number of carbonyl (C=O) groups excluding carboxylic acids is 10. The monoisotopic (exact) mass is 676 g/mol. The van der Waals surface area contributed by atoms with Crippen LogP contribution in [0.15, 0.2) is 24.3 Å². The van der Waals surface area contributed by atoms with Crippen molar-refractivity contribution < 1.29 is 66.9 Å². The molecule has 1 unspecified atom stereocenters. The number of benzene rings is 1. The number of ether oxygens (including phenoxy) is 4. The van der Waals surface area contributed by atoms with Gasteiger partial charge in [-0.05, 0) is 11.1 Å². The maximum Gasteiger partial charge on any atom is 0.329 e. The van der Waals surface area contributed by atoms with Crippen molar-refractivity contribution in [3.63, 3.8) is 0 Å². The summed E-state index contributed by atoms with van der Waals surface area (Å²) in [5.74, 6) is -8.41. The average Bonchev–Trinajstić information content (AvgIpc) is 3.30. The minimum absolute atomic E-state index is 0.114. The molecule has 0 saturated carbocycles. The Labute approximate surface area is 271 Å². The third kappa shape index (κ3) is 11.7. The highest BCUT2D eigenvalue weighted by Crippen LogP contribution is 2.18. The molecular weight excluding hydrogens is 644 g/mol. The predicted molar refractivity (Wildman–Crippen MR) is 154 cm³/mol. The van der Waals surface area contributed by atoms with E-state index in [-0.39, 0.29) is 19.5 Å². The summed E-state index contributed by atoms with van der Waals surface area (Å²) in [6, 6.07) is 4.41. The molecule has 2 fully saturated rings. The van der Waals surface area contributed by atoms with Gasteiger partial charge in [0.2, 0.25) is 0 Å². The molecule has 7 amide bonds. The zero-order valence-electron chi connectivity index (χ0n) is 25.6. The van der Waals surface area contributed by atoms with E-state index >= 15 is 0 Å². The number of urea groups is 1. The van der Waals surface area contributed by atoms with E-state index in [0.717, 1.165) is 4.90 Å². The van der Waals surface area contributed by atoms with E-state index in [9.17, 15) is 47.9 Å². The lowest BCUT2D eigenvalue weighted by Crippen LogP contribution is -2.46. The van der Waals surface area contributed by atoms with Gasteiger partial charge in [-0.2, -0.15) is 0 Å². The normalized spacial score (nSPS) is 20.3. The molecule has 48 heavy (non-hydrogen) atoms. The highest BCUT2D eigenvalue weighted by molar-refractivity contribution is 6.01. The van der Waals surface area contributed by atoms with Crippen LogP contribution in [0, 0.1) is 0 Å². The third-order valence-electron chi connectivity index (χ3n) is 6.45. The second-order valence-corrected chi connectivity index (χ2v) is 10.1. The van der Waals surface area contributed by atoms with Gasteiger partial charge in [0.15, 0.2) is 26.4 Å². The standard InChI is InChI=1S/C28H32N6O14/c1-33-11-23(39)34(28(33)44)10-17-5-3-2-4-16(17)6-18-27(43)48-14-21(37)31-8-25(41)46-12-19(35)29-7-24(40)45-13-20(36)30-9-26(42)47-15-22(38)32-18/h2-5,18H,6-15H2,1H3,(H,29,35)(H,30,36)(H,31,37)(H,32,38). The van der Waals surface area contributed by atoms with Gasteiger partial charge >= 0.3 is 29.9 Å². The van der Waals surface area contributed by atoms with Gasteiger partial charge in [-0.25, -0.2) is 9.59 Å². The molecule has 1 aromatic rings. The van der Waals surface area contributed by atoms with Gasteiger partial charge in [-0.1, -0.05) is 24.3 Å². The van der Waals surface area contributed by atoms with E-state index in [1.807, 2.05) is 0 Å². The lowest BCUT2D eigenvalue weighted by atomic mass is 9.99. The first kappa shape index (κ1) is 36.4. The lowest BCUT2D eigenvalue weighted by molar-refractivity contribution is -0.154. The van der Waals surface area contributed by atoms with Crippen molar-refractivity contribution in [1.82, 2.24) is 31.1 Å². The Balaban J connectivity index is 1.73. The summed E-state index contributed by atoms with van der Waals surface area (Å²) in [6.45, 7) is -5.82. The molecule has 1 atom stereocenters. The van der Waals surface area contributed by atoms with Crippen LogP contribution in [0.25, 0.3) is 0 Å². The number of nitrogens with zero attached hydrogens (tertiary/aromatic N) is 2. The van der Waals surface area contributed by atoms with Crippen LogP contribution >= 0.6 is 0 Å². The number of cyclic esters (lactones) is 4. The highest BCUT2D eigenvalue weighted by atomic mass is 16.6. The number of hydrogen-bond donors (Lipinski definition) is 4. The van der Waals surface area contributed by atoms with Crippen molar-refractivity contribution in [2.75, 3.05) is 59.7 Å². The summed E-state index contributed by atoms with van der Waals surface area (Å²) in [6.07, 6.45) is -0.258. The topological polar surface area (TPSA) is 262 Å². The van der Waals surface area contributed by atoms with Gasteiger partial charge in [0.25, 0.3) is 29.5 Å². The van der Waals surface area contributed by atoms with Crippen molar-refractivity contribution in [1.29, 1.82) is 0 Å². The number of likely N-dealkylation sites (N-methyl/N-ethyl adjacent to an activating group) is 1. The fraction of sp³-hybridized carbons (Fsp3) is 0.429. The molecule has 0 radical (unpaired) electrons. The SMILES string of the molecule is CN1CC(=O)N(Cc2ccccc2CC2NC(=O)COC(=O)CNC(=O)COC(=O)CNC(=O)COC(=O)CNC(=O)COC2=O)C1=O. The van der Waals surface area contributed by atoms with Gasteiger partial charge in [-0.3, -0.25) is 43.3 Å². The van der Waals surface area contributed by atoms with Crippen molar-refractivity contribution in [2.24, 2.45) is 0 Å². The molecule has 20 nitrogen and oxygen atoms in total. The van der Waals surface area contributed by atoms with Crippen LogP contribution in [0.3, 0.4) is 0 Å². The van der Waals surface area contributed by atoms with E-state index < -0.39 is 112 Å². The quantitative estimate of drug-likeness (QED) is 0.133. The van der Waals surface area contributed by atoms with Gasteiger partial charge in [0.05, 0.1) is 6.54 Å². The first-order valence-corrected chi connectivity index (χ1v) is 14.2. The van der Waals surface area contributed by atoms with Crippen molar-refractivity contribution in [3.05, 3.63) is 35.4 Å². The van der Waals surface area contributed by atoms with Crippen LogP contribution in [-0.4, -0.2) is 135 Å². The average molecular weight is 677 g/mol. The molecule has 2 heterocycles. The summed E-state index contributed by atoms with van der Waals surface area (Å²) < 4.78 is 19.2. The van der Waals surface area contributed by atoms with Crippen LogP contribution in [0.4, 0.5) is 4.79 Å². The van der Waals surface area contributed by atoms with E-state index in [1.165, 1.54) is 11.9 Å². The predicted octanol–water partition coefficient (Wildman–Crippen LogP) is -4.36. The molecule has 4 N–H and O–H groups in total. The van der Waals surface area contributed by atoms with Crippen molar-refractivity contribution in [2.45, 2.75) is 19.0 Å². The molecule has 3 rings (SSSR count). The number of rotatable bonds is 4. The fourth-order valence-electron chi connectivity index (χ4n) is 4.05. The van der Waals surface area contributed by atoms with E-state index in [0.29, 0.717) is 11.1 Å². The molecule has 0 aromatic heterocycles. The number of esters is 4. The van der Waals surface area contributed by atoms with Crippen LogP contribution in [0.5, 0.6) is 0 Å². The Morgan fingerprint density at radius 2 is 1.10 bits per heavy atom. The zero-order valence-corrected chi connectivity index (χ0v) is 25.6. The maximum atomic E-state index is 13.1. The van der Waals surface area contributed by atoms with Crippen LogP contribution in [0.1, 0.15) is 11.1 Å². The molecule has 0 aliphatic carbocycles. The molecule has 1 aromatic carbocycles. The van der Waals surface area contributed by atoms with Crippen LogP contribution in [-0.2, 0) is 75.1 Å². The van der Waals surface area contributed by atoms with E-state index in [4.69, 9.17) is 9.47 Å². The Bertz CT molecular complexity index is 1480. The number of imide groups is 1. The summed E-state index contributed by atoms with van der Waals surface area (Å²) in [4.78, 5) is 124. The summed E-state index contributed by atoms with van der Waals surface area (Å²) in [7, 11) is 1.46. The fourth-order valence-corrected chi connectivity index (χ4v) is 4.05. The molecule has 258 valence electrons. The number of amides is 7. The highest BCUT2D eigenvalue weighted by Gasteiger charge is 2.34.